The van der Waals surface area contributed by atoms with Crippen molar-refractivity contribution in [1.82, 2.24) is 0 Å². The molecule has 0 bridgehead atoms. The van der Waals surface area contributed by atoms with Crippen molar-refractivity contribution in [3.8, 4) is 0 Å². The van der Waals surface area contributed by atoms with Crippen LogP contribution in [0, 0.1) is 0 Å². The van der Waals surface area contributed by atoms with E-state index in [0.29, 0.717) is 0 Å². The maximum absolute atomic E-state index is 2.23. The van der Waals surface area contributed by atoms with Gasteiger partial charge in [0, 0.05) is 0 Å². The first-order valence-corrected chi connectivity index (χ1v) is 7.74. The molecule has 0 saturated carbocycles. The summed E-state index contributed by atoms with van der Waals surface area (Å²) in [6.07, 6.45) is 0. The third kappa shape index (κ3) is 5.97. The number of benzene rings is 3. The van der Waals surface area contributed by atoms with Crippen LogP contribution in [0.15, 0.2) is 91.0 Å². The van der Waals surface area contributed by atoms with Gasteiger partial charge in [0.05, 0.1) is 0 Å². The topological polar surface area (TPSA) is 94.5 Å². The van der Waals surface area contributed by atoms with Crippen LogP contribution in [0.2, 0.25) is 0 Å². The van der Waals surface area contributed by atoms with Crippen molar-refractivity contribution in [2.24, 2.45) is 0 Å². The summed E-state index contributed by atoms with van der Waals surface area (Å²) >= 11 is 0. The van der Waals surface area contributed by atoms with Crippen LogP contribution in [0.3, 0.4) is 0 Å². The molecule has 0 saturated heterocycles. The van der Waals surface area contributed by atoms with Gasteiger partial charge in [-0.1, -0.05) is 91.0 Å². The van der Waals surface area contributed by atoms with E-state index in [1.807, 2.05) is 0 Å². The average molecular weight is 423 g/mol. The van der Waals surface area contributed by atoms with Crippen molar-refractivity contribution >= 4 is 23.8 Å². The molecule has 124 valence electrons. The van der Waals surface area contributed by atoms with Gasteiger partial charge in [-0.15, -0.1) is 0 Å². The second-order valence-electron chi connectivity index (χ2n) is 4.34. The summed E-state index contributed by atoms with van der Waals surface area (Å²) < 4.78 is 0. The van der Waals surface area contributed by atoms with E-state index in [2.05, 4.69) is 91.0 Å². The molecule has 0 radical (unpaired) electrons. The van der Waals surface area contributed by atoms with Gasteiger partial charge in [0.25, 0.3) is 0 Å². The Labute approximate surface area is 151 Å². The molecule has 0 aliphatic heterocycles. The summed E-state index contributed by atoms with van der Waals surface area (Å²) in [5.41, 5.74) is 0. The summed E-state index contributed by atoms with van der Waals surface area (Å²) in [6.45, 7) is 0. The number of hydrogen-bond donors (Lipinski definition) is 0. The van der Waals surface area contributed by atoms with Gasteiger partial charge in [-0.3, -0.25) is 0 Å². The van der Waals surface area contributed by atoms with Crippen LogP contribution in [-0.2, 0) is 20.4 Å². The number of rotatable bonds is 3. The summed E-state index contributed by atoms with van der Waals surface area (Å²) in [7, 11) is -0.446. The minimum Gasteiger partial charge on any atom is -0.412 e. The van der Waals surface area contributed by atoms with E-state index in [0.717, 1.165) is 0 Å². The van der Waals surface area contributed by atoms with E-state index in [1.54, 1.807) is 0 Å². The SMILES string of the molecule is O.O.O.[Pd+2].c1ccc(P(c2ccccc2)c2ccccc2)cc1. The van der Waals surface area contributed by atoms with E-state index >= 15 is 0 Å². The Balaban J connectivity index is 0. The van der Waals surface area contributed by atoms with Crippen molar-refractivity contribution in [2.45, 2.75) is 0 Å². The Morgan fingerprint density at radius 3 is 0.826 bits per heavy atom. The fraction of sp³-hybridized carbons (Fsp3) is 0. The van der Waals surface area contributed by atoms with Crippen molar-refractivity contribution in [3.63, 3.8) is 0 Å². The van der Waals surface area contributed by atoms with E-state index in [9.17, 15) is 0 Å². The first-order chi connectivity index (χ1) is 9.45. The molecule has 0 aliphatic rings. The van der Waals surface area contributed by atoms with Gasteiger partial charge >= 0.3 is 20.4 Å². The van der Waals surface area contributed by atoms with Crippen LogP contribution >= 0.6 is 7.92 Å². The van der Waals surface area contributed by atoms with Gasteiger partial charge in [-0.25, -0.2) is 0 Å². The van der Waals surface area contributed by atoms with Gasteiger partial charge in [0.2, 0.25) is 0 Å². The molecule has 6 N–H and O–H groups in total. The maximum atomic E-state index is 2.23. The molecule has 0 amide bonds. The standard InChI is InChI=1S/C18H15P.3H2O.Pd/c1-4-10-16(11-5-1)19(17-12-6-2-7-13-17)18-14-8-3-9-15-18;;;;/h1-15H;3*1H2;/q;;;;+2. The zero-order chi connectivity index (χ0) is 12.9. The molecule has 0 unspecified atom stereocenters. The van der Waals surface area contributed by atoms with Gasteiger partial charge in [-0.05, 0) is 23.8 Å². The van der Waals surface area contributed by atoms with Crippen LogP contribution in [0.4, 0.5) is 0 Å². The zero-order valence-electron chi connectivity index (χ0n) is 12.4. The fourth-order valence-corrected chi connectivity index (χ4v) is 4.48. The fourth-order valence-electron chi connectivity index (χ4n) is 2.18. The molecular formula is C18H21O3PPd+2. The van der Waals surface area contributed by atoms with Gasteiger partial charge < -0.3 is 16.4 Å². The minimum atomic E-state index is -0.446. The second kappa shape index (κ2) is 12.1. The van der Waals surface area contributed by atoms with Crippen LogP contribution in [0.5, 0.6) is 0 Å². The molecule has 0 aliphatic carbocycles. The molecule has 3 rings (SSSR count). The van der Waals surface area contributed by atoms with E-state index < -0.39 is 7.92 Å². The van der Waals surface area contributed by atoms with Crippen molar-refractivity contribution in [1.29, 1.82) is 0 Å². The predicted molar refractivity (Wildman–Crippen MR) is 96.0 cm³/mol. The third-order valence-corrected chi connectivity index (χ3v) is 5.49. The molecule has 0 aromatic heterocycles. The van der Waals surface area contributed by atoms with Gasteiger partial charge in [0.1, 0.15) is 0 Å². The summed E-state index contributed by atoms with van der Waals surface area (Å²) in [6, 6.07) is 32.3. The largest absolute Gasteiger partial charge is 2.00 e. The van der Waals surface area contributed by atoms with Crippen molar-refractivity contribution in [2.75, 3.05) is 0 Å². The molecule has 3 nitrogen and oxygen atoms in total. The third-order valence-electron chi connectivity index (χ3n) is 3.04. The second-order valence-corrected chi connectivity index (χ2v) is 6.56. The molecule has 0 heterocycles. The number of hydrogen-bond acceptors (Lipinski definition) is 0. The Kier molecular flexibility index (Phi) is 12.6. The minimum absolute atomic E-state index is 0. The molecular weight excluding hydrogens is 402 g/mol. The quantitative estimate of drug-likeness (QED) is 0.444. The smallest absolute Gasteiger partial charge is 0.412 e. The van der Waals surface area contributed by atoms with Crippen molar-refractivity contribution < 1.29 is 36.9 Å². The molecule has 3 aromatic carbocycles. The first kappa shape index (κ1) is 23.9. The zero-order valence-corrected chi connectivity index (χ0v) is 14.9. The normalized spacial score (nSPS) is 8.74. The van der Waals surface area contributed by atoms with E-state index in [4.69, 9.17) is 0 Å². The summed E-state index contributed by atoms with van der Waals surface area (Å²) in [5.74, 6) is 0. The molecule has 0 fully saturated rings. The van der Waals surface area contributed by atoms with E-state index in [1.165, 1.54) is 15.9 Å². The van der Waals surface area contributed by atoms with Crippen LogP contribution < -0.4 is 15.9 Å². The van der Waals surface area contributed by atoms with Crippen LogP contribution in [0.1, 0.15) is 0 Å². The monoisotopic (exact) mass is 422 g/mol. The Morgan fingerprint density at radius 2 is 0.609 bits per heavy atom. The molecule has 3 aromatic rings. The Morgan fingerprint density at radius 1 is 0.391 bits per heavy atom. The van der Waals surface area contributed by atoms with E-state index in [-0.39, 0.29) is 36.9 Å². The van der Waals surface area contributed by atoms with Crippen LogP contribution in [0.25, 0.3) is 0 Å². The average Bonchev–Trinajstić information content (AvgIpc) is 2.51. The first-order valence-electron chi connectivity index (χ1n) is 6.40. The molecule has 0 atom stereocenters. The van der Waals surface area contributed by atoms with Gasteiger partial charge in [0.15, 0.2) is 0 Å². The van der Waals surface area contributed by atoms with Gasteiger partial charge in [-0.2, -0.15) is 0 Å². The Bertz CT molecular complexity index is 542. The predicted octanol–water partition coefficient (Wildman–Crippen LogP) is 0.968. The molecule has 0 spiro atoms. The Hall–Kier alpha value is -1.37. The maximum Gasteiger partial charge on any atom is 2.00 e. The summed E-state index contributed by atoms with van der Waals surface area (Å²) in [5, 5.41) is 4.19. The summed E-state index contributed by atoms with van der Waals surface area (Å²) in [4.78, 5) is 0. The van der Waals surface area contributed by atoms with Crippen molar-refractivity contribution in [3.05, 3.63) is 91.0 Å². The van der Waals surface area contributed by atoms with Crippen LogP contribution in [-0.4, -0.2) is 16.4 Å². The molecule has 5 heteroatoms. The molecule has 23 heavy (non-hydrogen) atoms.